The fraction of sp³-hybridized carbons (Fsp3) is 0.353. The first-order valence-electron chi connectivity index (χ1n) is 7.62. The summed E-state index contributed by atoms with van der Waals surface area (Å²) in [5, 5.41) is 2.90. The first kappa shape index (κ1) is 15.3. The number of hydrogen-bond donors (Lipinski definition) is 1. The van der Waals surface area contributed by atoms with Crippen molar-refractivity contribution in [3.63, 3.8) is 0 Å². The maximum atomic E-state index is 12.5. The van der Waals surface area contributed by atoms with E-state index >= 15 is 0 Å². The third-order valence-corrected chi connectivity index (χ3v) is 6.64. The molecule has 23 heavy (non-hydrogen) atoms. The van der Waals surface area contributed by atoms with Gasteiger partial charge in [0.05, 0.1) is 11.6 Å². The lowest BCUT2D eigenvalue weighted by Gasteiger charge is -2.33. The number of rotatable bonds is 1. The van der Waals surface area contributed by atoms with E-state index in [1.54, 1.807) is 0 Å². The number of carbonyl (C=O) groups is 2. The molecule has 2 unspecified atom stereocenters. The highest BCUT2D eigenvalue weighted by molar-refractivity contribution is 9.13. The van der Waals surface area contributed by atoms with Gasteiger partial charge in [-0.25, -0.2) is 0 Å². The fourth-order valence-electron chi connectivity index (χ4n) is 3.75. The van der Waals surface area contributed by atoms with E-state index in [1.165, 1.54) is 0 Å². The van der Waals surface area contributed by atoms with Gasteiger partial charge in [0.15, 0.2) is 0 Å². The molecule has 2 heterocycles. The van der Waals surface area contributed by atoms with Crippen molar-refractivity contribution in [3.05, 3.63) is 44.0 Å². The molecule has 0 saturated heterocycles. The average molecular weight is 438 g/mol. The maximum absolute atomic E-state index is 12.5. The highest BCUT2D eigenvalue weighted by Crippen LogP contribution is 2.45. The summed E-state index contributed by atoms with van der Waals surface area (Å²) in [4.78, 5) is 29.6. The minimum absolute atomic E-state index is 0.0854. The molecule has 1 amide bonds. The Morgan fingerprint density at radius 1 is 1.04 bits per heavy atom. The third kappa shape index (κ3) is 2.43. The second kappa shape index (κ2) is 5.67. The number of carbonyl (C=O) groups excluding carboxylic acids is 2. The Morgan fingerprint density at radius 2 is 1.87 bits per heavy atom. The Labute approximate surface area is 150 Å². The summed E-state index contributed by atoms with van der Waals surface area (Å²) in [6.07, 6.45) is 1.98. The van der Waals surface area contributed by atoms with Gasteiger partial charge >= 0.3 is 0 Å². The number of fused-ring (bicyclic) bond motifs is 1. The number of ketones is 1. The molecule has 4 nitrogen and oxygen atoms in total. The zero-order valence-corrected chi connectivity index (χ0v) is 15.4. The summed E-state index contributed by atoms with van der Waals surface area (Å²) in [7, 11) is 0. The Kier molecular flexibility index (Phi) is 3.76. The highest BCUT2D eigenvalue weighted by Gasteiger charge is 2.46. The average Bonchev–Trinajstić information content (AvgIpc) is 2.90. The molecular formula is C17H14Br2N2O2. The van der Waals surface area contributed by atoms with Crippen LogP contribution >= 0.6 is 31.9 Å². The van der Waals surface area contributed by atoms with Gasteiger partial charge in [0.25, 0.3) is 0 Å². The lowest BCUT2D eigenvalue weighted by molar-refractivity contribution is -0.120. The van der Waals surface area contributed by atoms with Crippen molar-refractivity contribution in [2.24, 2.45) is 10.9 Å². The molecule has 6 heteroatoms. The van der Waals surface area contributed by atoms with Gasteiger partial charge in [0.1, 0.15) is 5.78 Å². The Morgan fingerprint density at radius 3 is 2.65 bits per heavy atom. The van der Waals surface area contributed by atoms with Crippen LogP contribution in [-0.2, 0) is 9.59 Å². The van der Waals surface area contributed by atoms with Gasteiger partial charge in [0, 0.05) is 45.5 Å². The van der Waals surface area contributed by atoms with Gasteiger partial charge in [-0.2, -0.15) is 0 Å². The molecule has 1 fully saturated rings. The molecule has 1 aromatic carbocycles. The number of nitrogens with zero attached hydrogens (tertiary/aromatic N) is 1. The van der Waals surface area contributed by atoms with Crippen LogP contribution in [0.1, 0.15) is 30.7 Å². The van der Waals surface area contributed by atoms with Gasteiger partial charge in [0.2, 0.25) is 5.91 Å². The molecule has 118 valence electrons. The molecule has 1 N–H and O–H groups in total. The quantitative estimate of drug-likeness (QED) is 0.730. The van der Waals surface area contributed by atoms with Crippen molar-refractivity contribution in [2.75, 3.05) is 6.54 Å². The van der Waals surface area contributed by atoms with Crippen LogP contribution in [0, 0.1) is 5.92 Å². The molecule has 2 aliphatic heterocycles. The Hall–Kier alpha value is -1.27. The second-order valence-electron chi connectivity index (χ2n) is 6.06. The number of aliphatic imine (C=N–C) groups is 1. The SMILES string of the molecule is O=C1NCCC2=C1C(c1ccc(Br)c(Br)c1)C1C(=O)CCC1=N2. The number of nitrogens with one attached hydrogen (secondary N) is 1. The fourth-order valence-corrected chi connectivity index (χ4v) is 4.39. The number of halogens is 2. The molecule has 1 aromatic rings. The topological polar surface area (TPSA) is 58.5 Å². The zero-order chi connectivity index (χ0) is 16.1. The van der Waals surface area contributed by atoms with Gasteiger partial charge < -0.3 is 5.32 Å². The maximum Gasteiger partial charge on any atom is 0.249 e. The minimum atomic E-state index is -0.286. The summed E-state index contributed by atoms with van der Waals surface area (Å²) < 4.78 is 1.87. The highest BCUT2D eigenvalue weighted by atomic mass is 79.9. The van der Waals surface area contributed by atoms with Gasteiger partial charge in [-0.15, -0.1) is 0 Å². The molecular weight excluding hydrogens is 424 g/mol. The molecule has 0 spiro atoms. The van der Waals surface area contributed by atoms with E-state index in [4.69, 9.17) is 0 Å². The van der Waals surface area contributed by atoms with Crippen LogP contribution in [0.5, 0.6) is 0 Å². The largest absolute Gasteiger partial charge is 0.352 e. The van der Waals surface area contributed by atoms with Gasteiger partial charge in [-0.1, -0.05) is 6.07 Å². The van der Waals surface area contributed by atoms with E-state index in [9.17, 15) is 9.59 Å². The smallest absolute Gasteiger partial charge is 0.249 e. The van der Waals surface area contributed by atoms with Crippen molar-refractivity contribution < 1.29 is 9.59 Å². The predicted octanol–water partition coefficient (Wildman–Crippen LogP) is 3.50. The monoisotopic (exact) mass is 436 g/mol. The minimum Gasteiger partial charge on any atom is -0.352 e. The van der Waals surface area contributed by atoms with Crippen LogP contribution in [0.3, 0.4) is 0 Å². The summed E-state index contributed by atoms with van der Waals surface area (Å²) in [6.45, 7) is 0.615. The number of benzene rings is 1. The predicted molar refractivity (Wildman–Crippen MR) is 94.4 cm³/mol. The van der Waals surface area contributed by atoms with E-state index < -0.39 is 0 Å². The summed E-state index contributed by atoms with van der Waals surface area (Å²) in [5.41, 5.74) is 3.47. The normalized spacial score (nSPS) is 26.6. The molecule has 1 aliphatic carbocycles. The molecule has 3 aliphatic rings. The van der Waals surface area contributed by atoms with Gasteiger partial charge in [-0.05, 0) is 56.0 Å². The third-order valence-electron chi connectivity index (χ3n) is 4.76. The number of amides is 1. The summed E-state index contributed by atoms with van der Waals surface area (Å²) >= 11 is 7.00. The zero-order valence-electron chi connectivity index (χ0n) is 12.2. The van der Waals surface area contributed by atoms with Crippen molar-refractivity contribution in [3.8, 4) is 0 Å². The lowest BCUT2D eigenvalue weighted by Crippen LogP contribution is -2.40. The summed E-state index contributed by atoms with van der Waals surface area (Å²) in [5.74, 6) is -0.404. The van der Waals surface area contributed by atoms with Crippen molar-refractivity contribution in [1.29, 1.82) is 0 Å². The van der Waals surface area contributed by atoms with Crippen molar-refractivity contribution in [1.82, 2.24) is 5.32 Å². The van der Waals surface area contributed by atoms with Crippen LogP contribution < -0.4 is 5.32 Å². The van der Waals surface area contributed by atoms with Crippen molar-refractivity contribution >= 4 is 49.3 Å². The molecule has 0 radical (unpaired) electrons. The van der Waals surface area contributed by atoms with E-state index in [0.717, 1.165) is 38.8 Å². The van der Waals surface area contributed by atoms with Crippen LogP contribution in [-0.4, -0.2) is 23.9 Å². The molecule has 4 rings (SSSR count). The van der Waals surface area contributed by atoms with Crippen LogP contribution in [0.15, 0.2) is 43.4 Å². The first-order chi connectivity index (χ1) is 11.1. The van der Waals surface area contributed by atoms with Crippen LogP contribution in [0.25, 0.3) is 0 Å². The molecule has 0 aromatic heterocycles. The molecule has 2 atom stereocenters. The standard InChI is InChI=1S/C17H14Br2N2O2/c18-9-2-1-8(7-10(9)19)14-15-11(3-4-13(15)22)21-12-5-6-20-17(23)16(12)14/h1-2,7,14-15H,3-6H2,(H,20,23). The van der Waals surface area contributed by atoms with Crippen molar-refractivity contribution in [2.45, 2.75) is 25.2 Å². The first-order valence-corrected chi connectivity index (χ1v) is 9.21. The van der Waals surface area contributed by atoms with E-state index in [-0.39, 0.29) is 23.5 Å². The number of Topliss-reactive ketones (excluding diaryl/α,β-unsaturated/α-hetero) is 1. The van der Waals surface area contributed by atoms with Gasteiger partial charge in [-0.3, -0.25) is 14.6 Å². The Bertz CT molecular complexity index is 798. The molecule has 0 bridgehead atoms. The van der Waals surface area contributed by atoms with Crippen LogP contribution in [0.4, 0.5) is 0 Å². The summed E-state index contributed by atoms with van der Waals surface area (Å²) in [6, 6.07) is 5.93. The lowest BCUT2D eigenvalue weighted by atomic mass is 9.74. The Balaban J connectivity index is 1.91. The van der Waals surface area contributed by atoms with E-state index in [2.05, 4.69) is 42.2 Å². The number of hydrogen-bond acceptors (Lipinski definition) is 3. The second-order valence-corrected chi connectivity index (χ2v) is 7.77. The molecule has 1 saturated carbocycles. The van der Waals surface area contributed by atoms with E-state index in [0.29, 0.717) is 18.5 Å². The van der Waals surface area contributed by atoms with E-state index in [1.807, 2.05) is 18.2 Å². The van der Waals surface area contributed by atoms with Crippen LogP contribution in [0.2, 0.25) is 0 Å².